The van der Waals surface area contributed by atoms with Crippen LogP contribution in [-0.2, 0) is 6.61 Å². The Morgan fingerprint density at radius 1 is 1.46 bits per heavy atom. The van der Waals surface area contributed by atoms with Crippen molar-refractivity contribution in [3.05, 3.63) is 41.0 Å². The first kappa shape index (κ1) is 10.3. The maximum atomic E-state index is 8.89. The van der Waals surface area contributed by atoms with E-state index in [9.17, 15) is 0 Å². The Labute approximate surface area is 83.7 Å². The van der Waals surface area contributed by atoms with Crippen molar-refractivity contribution in [1.29, 1.82) is 0 Å². The SMILES string of the molecule is Cc1cc(CO)ccc1C=CCCl. The summed E-state index contributed by atoms with van der Waals surface area (Å²) in [7, 11) is 0. The molecule has 0 bridgehead atoms. The van der Waals surface area contributed by atoms with Crippen LogP contribution in [0.2, 0.25) is 0 Å². The highest BCUT2D eigenvalue weighted by Crippen LogP contribution is 2.12. The zero-order valence-electron chi connectivity index (χ0n) is 7.63. The summed E-state index contributed by atoms with van der Waals surface area (Å²) in [6.45, 7) is 2.12. The monoisotopic (exact) mass is 196 g/mol. The molecule has 0 saturated carbocycles. The lowest BCUT2D eigenvalue weighted by Gasteiger charge is -2.02. The third-order valence-corrected chi connectivity index (χ3v) is 2.08. The minimum Gasteiger partial charge on any atom is -0.392 e. The van der Waals surface area contributed by atoms with Crippen LogP contribution in [0.15, 0.2) is 24.3 Å². The number of halogens is 1. The number of aliphatic hydroxyl groups is 1. The number of allylic oxidation sites excluding steroid dienone is 1. The highest BCUT2D eigenvalue weighted by Gasteiger charge is 1.95. The topological polar surface area (TPSA) is 20.2 Å². The second-order valence-corrected chi connectivity index (χ2v) is 3.21. The second-order valence-electron chi connectivity index (χ2n) is 2.91. The molecule has 0 unspecified atom stereocenters. The zero-order valence-corrected chi connectivity index (χ0v) is 8.38. The van der Waals surface area contributed by atoms with Gasteiger partial charge in [-0.15, -0.1) is 11.6 Å². The molecule has 70 valence electrons. The van der Waals surface area contributed by atoms with Gasteiger partial charge in [-0.05, 0) is 23.6 Å². The van der Waals surface area contributed by atoms with Crippen molar-refractivity contribution in [2.75, 3.05) is 5.88 Å². The van der Waals surface area contributed by atoms with Crippen molar-refractivity contribution >= 4 is 17.7 Å². The van der Waals surface area contributed by atoms with E-state index in [1.165, 1.54) is 0 Å². The van der Waals surface area contributed by atoms with Crippen molar-refractivity contribution in [3.8, 4) is 0 Å². The van der Waals surface area contributed by atoms with Crippen LogP contribution < -0.4 is 0 Å². The van der Waals surface area contributed by atoms with Gasteiger partial charge in [-0.2, -0.15) is 0 Å². The molecule has 0 heterocycles. The summed E-state index contributed by atoms with van der Waals surface area (Å²) in [5, 5.41) is 8.89. The number of hydrogen-bond acceptors (Lipinski definition) is 1. The summed E-state index contributed by atoms with van der Waals surface area (Å²) in [4.78, 5) is 0. The summed E-state index contributed by atoms with van der Waals surface area (Å²) in [5.74, 6) is 0.529. The Morgan fingerprint density at radius 3 is 2.77 bits per heavy atom. The van der Waals surface area contributed by atoms with Crippen LogP contribution in [-0.4, -0.2) is 11.0 Å². The first-order valence-corrected chi connectivity index (χ1v) is 4.74. The summed E-state index contributed by atoms with van der Waals surface area (Å²) in [6, 6.07) is 5.89. The molecule has 1 nitrogen and oxygen atoms in total. The summed E-state index contributed by atoms with van der Waals surface area (Å²) >= 11 is 5.54. The first-order valence-electron chi connectivity index (χ1n) is 4.21. The van der Waals surface area contributed by atoms with E-state index < -0.39 is 0 Å². The van der Waals surface area contributed by atoms with E-state index in [1.807, 2.05) is 37.3 Å². The van der Waals surface area contributed by atoms with Crippen molar-refractivity contribution in [3.63, 3.8) is 0 Å². The fourth-order valence-corrected chi connectivity index (χ4v) is 1.28. The lowest BCUT2D eigenvalue weighted by atomic mass is 10.1. The highest BCUT2D eigenvalue weighted by molar-refractivity contribution is 6.19. The van der Waals surface area contributed by atoms with Crippen LogP contribution >= 0.6 is 11.6 Å². The maximum Gasteiger partial charge on any atom is 0.0681 e. The van der Waals surface area contributed by atoms with Gasteiger partial charge in [0.05, 0.1) is 6.61 Å². The Bertz CT molecular complexity index is 305. The molecule has 0 saturated heterocycles. The van der Waals surface area contributed by atoms with Gasteiger partial charge in [-0.25, -0.2) is 0 Å². The predicted molar refractivity (Wildman–Crippen MR) is 56.9 cm³/mol. The van der Waals surface area contributed by atoms with Crippen molar-refractivity contribution in [1.82, 2.24) is 0 Å². The standard InChI is InChI=1S/C11H13ClO/c1-9-7-10(8-13)4-5-11(9)3-2-6-12/h2-5,7,13H,6,8H2,1H3. The lowest BCUT2D eigenvalue weighted by Crippen LogP contribution is -1.86. The van der Waals surface area contributed by atoms with E-state index in [1.54, 1.807) is 0 Å². The van der Waals surface area contributed by atoms with Crippen LogP contribution in [0.3, 0.4) is 0 Å². The molecule has 1 N–H and O–H groups in total. The smallest absolute Gasteiger partial charge is 0.0681 e. The molecule has 1 aromatic carbocycles. The quantitative estimate of drug-likeness (QED) is 0.738. The zero-order chi connectivity index (χ0) is 9.68. The van der Waals surface area contributed by atoms with Gasteiger partial charge in [0, 0.05) is 5.88 Å². The molecule has 2 heteroatoms. The van der Waals surface area contributed by atoms with Gasteiger partial charge >= 0.3 is 0 Å². The highest BCUT2D eigenvalue weighted by atomic mass is 35.5. The Morgan fingerprint density at radius 2 is 2.23 bits per heavy atom. The third-order valence-electron chi connectivity index (χ3n) is 1.90. The molecule has 0 spiro atoms. The van der Waals surface area contributed by atoms with Gasteiger partial charge in [0.15, 0.2) is 0 Å². The van der Waals surface area contributed by atoms with Crippen LogP contribution in [0.25, 0.3) is 6.08 Å². The molecule has 0 fully saturated rings. The maximum absolute atomic E-state index is 8.89. The normalized spacial score (nSPS) is 11.0. The predicted octanol–water partition coefficient (Wildman–Crippen LogP) is 2.74. The van der Waals surface area contributed by atoms with Gasteiger partial charge in [-0.1, -0.05) is 30.4 Å². The molecule has 1 aromatic rings. The van der Waals surface area contributed by atoms with E-state index in [2.05, 4.69) is 0 Å². The van der Waals surface area contributed by atoms with Gasteiger partial charge in [0.1, 0.15) is 0 Å². The number of hydrogen-bond donors (Lipinski definition) is 1. The average Bonchev–Trinajstić information content (AvgIpc) is 2.16. The van der Waals surface area contributed by atoms with E-state index in [0.717, 1.165) is 16.7 Å². The van der Waals surface area contributed by atoms with E-state index in [-0.39, 0.29) is 6.61 Å². The Hall–Kier alpha value is -0.790. The van der Waals surface area contributed by atoms with E-state index >= 15 is 0 Å². The molecule has 1 rings (SSSR count). The number of aryl methyl sites for hydroxylation is 1. The van der Waals surface area contributed by atoms with E-state index in [4.69, 9.17) is 16.7 Å². The molecule has 0 aromatic heterocycles. The first-order chi connectivity index (χ1) is 6.27. The Balaban J connectivity index is 2.91. The van der Waals surface area contributed by atoms with Crippen molar-refractivity contribution in [2.45, 2.75) is 13.5 Å². The summed E-state index contributed by atoms with van der Waals surface area (Å²) < 4.78 is 0. The average molecular weight is 197 g/mol. The minimum atomic E-state index is 0.0976. The van der Waals surface area contributed by atoms with Gasteiger partial charge in [0.25, 0.3) is 0 Å². The minimum absolute atomic E-state index is 0.0976. The number of alkyl halides is 1. The number of rotatable bonds is 3. The molecule has 0 aliphatic heterocycles. The summed E-state index contributed by atoms with van der Waals surface area (Å²) in [6.07, 6.45) is 3.89. The number of benzene rings is 1. The molecule has 13 heavy (non-hydrogen) atoms. The summed E-state index contributed by atoms with van der Waals surface area (Å²) in [5.41, 5.74) is 3.26. The fraction of sp³-hybridized carbons (Fsp3) is 0.273. The van der Waals surface area contributed by atoms with Gasteiger partial charge in [-0.3, -0.25) is 0 Å². The van der Waals surface area contributed by atoms with Crippen LogP contribution in [0.5, 0.6) is 0 Å². The van der Waals surface area contributed by atoms with Gasteiger partial charge in [0.2, 0.25) is 0 Å². The lowest BCUT2D eigenvalue weighted by molar-refractivity contribution is 0.282. The molecule has 0 atom stereocenters. The van der Waals surface area contributed by atoms with Crippen molar-refractivity contribution in [2.24, 2.45) is 0 Å². The van der Waals surface area contributed by atoms with Crippen LogP contribution in [0.1, 0.15) is 16.7 Å². The number of aliphatic hydroxyl groups excluding tert-OH is 1. The van der Waals surface area contributed by atoms with Crippen LogP contribution in [0, 0.1) is 6.92 Å². The molecule has 0 aliphatic rings. The molecule has 0 amide bonds. The van der Waals surface area contributed by atoms with Crippen LogP contribution in [0.4, 0.5) is 0 Å². The van der Waals surface area contributed by atoms with Gasteiger partial charge < -0.3 is 5.11 Å². The molecule has 0 aliphatic carbocycles. The third kappa shape index (κ3) is 2.87. The fourth-order valence-electron chi connectivity index (χ4n) is 1.19. The molecule has 0 radical (unpaired) electrons. The largest absolute Gasteiger partial charge is 0.392 e. The van der Waals surface area contributed by atoms with E-state index in [0.29, 0.717) is 5.88 Å². The van der Waals surface area contributed by atoms with Crippen molar-refractivity contribution < 1.29 is 5.11 Å². The second kappa shape index (κ2) is 5.05. The Kier molecular flexibility index (Phi) is 4.00. The molecular weight excluding hydrogens is 184 g/mol. The molecular formula is C11H13ClO.